The summed E-state index contributed by atoms with van der Waals surface area (Å²) in [6, 6.07) is 8.88. The molecule has 0 bridgehead atoms. The minimum absolute atomic E-state index is 0.0343. The van der Waals surface area contributed by atoms with Crippen LogP contribution in [0.25, 0.3) is 21.9 Å². The van der Waals surface area contributed by atoms with Crippen LogP contribution in [0.15, 0.2) is 57.2 Å². The predicted molar refractivity (Wildman–Crippen MR) is 119 cm³/mol. The minimum atomic E-state index is -3.93. The molecule has 31 heavy (non-hydrogen) atoms. The molecule has 2 N–H and O–H groups in total. The average Bonchev–Trinajstić information content (AvgIpc) is 3.06. The number of hydrogen-bond acceptors (Lipinski definition) is 5. The van der Waals surface area contributed by atoms with Crippen molar-refractivity contribution in [2.45, 2.75) is 30.7 Å². The SMILES string of the molecule is CCC(Cc1cn(C)c2ccccc12)NS(=O)(=O)c1cnc2c(c1)c(=O)[nH]c(=O)n2C. The van der Waals surface area contributed by atoms with Gasteiger partial charge in [0.05, 0.1) is 5.39 Å². The third-order valence-electron chi connectivity index (χ3n) is 5.50. The number of aromatic nitrogens is 4. The zero-order valence-corrected chi connectivity index (χ0v) is 18.2. The van der Waals surface area contributed by atoms with Gasteiger partial charge in [-0.05, 0) is 30.5 Å². The first-order chi connectivity index (χ1) is 14.7. The number of fused-ring (bicyclic) bond motifs is 2. The molecule has 3 aromatic heterocycles. The highest BCUT2D eigenvalue weighted by Gasteiger charge is 2.22. The van der Waals surface area contributed by atoms with E-state index in [9.17, 15) is 18.0 Å². The monoisotopic (exact) mass is 441 g/mol. The molecule has 9 nitrogen and oxygen atoms in total. The molecule has 4 aromatic rings. The van der Waals surface area contributed by atoms with Crippen molar-refractivity contribution in [3.05, 3.63) is 69.1 Å². The molecule has 0 aliphatic heterocycles. The smallest absolute Gasteiger partial charge is 0.329 e. The van der Waals surface area contributed by atoms with E-state index in [0.29, 0.717) is 12.8 Å². The number of rotatable bonds is 6. The van der Waals surface area contributed by atoms with E-state index in [-0.39, 0.29) is 22.0 Å². The van der Waals surface area contributed by atoms with Gasteiger partial charge in [0.25, 0.3) is 5.56 Å². The molecule has 0 aliphatic carbocycles. The predicted octanol–water partition coefficient (Wildman–Crippen LogP) is 1.41. The number of hydrogen-bond donors (Lipinski definition) is 2. The molecular weight excluding hydrogens is 418 g/mol. The number of aromatic amines is 1. The fourth-order valence-corrected chi connectivity index (χ4v) is 5.06. The number of sulfonamides is 1. The Labute approximate surface area is 178 Å². The van der Waals surface area contributed by atoms with Crippen LogP contribution in [0.5, 0.6) is 0 Å². The molecule has 4 rings (SSSR count). The van der Waals surface area contributed by atoms with E-state index in [4.69, 9.17) is 0 Å². The summed E-state index contributed by atoms with van der Waals surface area (Å²) in [5.41, 5.74) is 0.968. The third-order valence-corrected chi connectivity index (χ3v) is 6.99. The van der Waals surface area contributed by atoms with Crippen molar-refractivity contribution in [3.63, 3.8) is 0 Å². The zero-order valence-electron chi connectivity index (χ0n) is 17.4. The summed E-state index contributed by atoms with van der Waals surface area (Å²) < 4.78 is 32.0. The van der Waals surface area contributed by atoms with Gasteiger partial charge in [-0.1, -0.05) is 25.1 Å². The normalized spacial score (nSPS) is 13.1. The first-order valence-corrected chi connectivity index (χ1v) is 11.3. The van der Waals surface area contributed by atoms with Crippen LogP contribution in [0.1, 0.15) is 18.9 Å². The Hall–Kier alpha value is -3.24. The molecule has 1 atom stereocenters. The molecule has 0 saturated heterocycles. The van der Waals surface area contributed by atoms with Gasteiger partial charge in [-0.15, -0.1) is 0 Å². The number of para-hydroxylation sites is 1. The Kier molecular flexibility index (Phi) is 5.28. The van der Waals surface area contributed by atoms with Crippen molar-refractivity contribution in [1.82, 2.24) is 23.8 Å². The van der Waals surface area contributed by atoms with Crippen LogP contribution in [-0.4, -0.2) is 33.6 Å². The fraction of sp³-hybridized carbons (Fsp3) is 0.286. The van der Waals surface area contributed by atoms with Crippen LogP contribution in [0.2, 0.25) is 0 Å². The number of benzene rings is 1. The van der Waals surface area contributed by atoms with Gasteiger partial charge in [0.1, 0.15) is 10.5 Å². The summed E-state index contributed by atoms with van der Waals surface area (Å²) in [7, 11) is -0.512. The quantitative estimate of drug-likeness (QED) is 0.469. The number of H-pyrrole nitrogens is 1. The van der Waals surface area contributed by atoms with Gasteiger partial charge in [0.2, 0.25) is 10.0 Å². The molecule has 1 unspecified atom stereocenters. The lowest BCUT2D eigenvalue weighted by molar-refractivity contribution is 0.537. The summed E-state index contributed by atoms with van der Waals surface area (Å²) in [5.74, 6) is 0. The largest absolute Gasteiger partial charge is 0.350 e. The first-order valence-electron chi connectivity index (χ1n) is 9.85. The summed E-state index contributed by atoms with van der Waals surface area (Å²) in [4.78, 5) is 30.0. The summed E-state index contributed by atoms with van der Waals surface area (Å²) >= 11 is 0. The molecule has 0 fully saturated rings. The first kappa shape index (κ1) is 21.0. The van der Waals surface area contributed by atoms with Crippen LogP contribution in [-0.2, 0) is 30.5 Å². The van der Waals surface area contributed by atoms with Crippen LogP contribution >= 0.6 is 0 Å². The van der Waals surface area contributed by atoms with Gasteiger partial charge >= 0.3 is 5.69 Å². The van der Waals surface area contributed by atoms with E-state index in [1.54, 1.807) is 0 Å². The van der Waals surface area contributed by atoms with Crippen LogP contribution in [0, 0.1) is 0 Å². The van der Waals surface area contributed by atoms with Gasteiger partial charge in [-0.2, -0.15) is 0 Å². The molecule has 0 spiro atoms. The van der Waals surface area contributed by atoms with Crippen molar-refractivity contribution in [3.8, 4) is 0 Å². The van der Waals surface area contributed by atoms with Gasteiger partial charge in [-0.3, -0.25) is 14.3 Å². The van der Waals surface area contributed by atoms with E-state index in [1.807, 2.05) is 49.0 Å². The van der Waals surface area contributed by atoms with E-state index in [0.717, 1.165) is 27.2 Å². The lowest BCUT2D eigenvalue weighted by Crippen LogP contribution is -2.36. The molecule has 0 amide bonds. The molecule has 3 heterocycles. The highest BCUT2D eigenvalue weighted by atomic mass is 32.2. The Bertz CT molecular complexity index is 1510. The minimum Gasteiger partial charge on any atom is -0.350 e. The topological polar surface area (TPSA) is 119 Å². The van der Waals surface area contributed by atoms with Crippen LogP contribution in [0.4, 0.5) is 0 Å². The summed E-state index contributed by atoms with van der Waals surface area (Å²) in [6.07, 6.45) is 4.28. The molecule has 1 aromatic carbocycles. The molecule has 162 valence electrons. The molecule has 0 aliphatic rings. The Morgan fingerprint density at radius 3 is 2.65 bits per heavy atom. The third kappa shape index (κ3) is 3.79. The van der Waals surface area contributed by atoms with E-state index in [1.165, 1.54) is 13.1 Å². The van der Waals surface area contributed by atoms with Gasteiger partial charge in [0.15, 0.2) is 0 Å². The summed E-state index contributed by atoms with van der Waals surface area (Å²) in [6.45, 7) is 1.91. The Morgan fingerprint density at radius 2 is 1.90 bits per heavy atom. The Morgan fingerprint density at radius 1 is 1.16 bits per heavy atom. The standard InChI is InChI=1S/C21H23N5O4S/c1-4-14(9-13-12-25(2)18-8-6-5-7-16(13)18)24-31(29,30)15-10-17-19(22-11-15)26(3)21(28)23-20(17)27/h5-8,10-12,14,24H,4,9H2,1-3H3,(H,23,27,28). The number of pyridine rings is 1. The maximum absolute atomic E-state index is 13.0. The fourth-order valence-electron chi connectivity index (χ4n) is 3.77. The maximum atomic E-state index is 13.0. The number of nitrogens with one attached hydrogen (secondary N) is 2. The van der Waals surface area contributed by atoms with E-state index >= 15 is 0 Å². The summed E-state index contributed by atoms with van der Waals surface area (Å²) in [5, 5.41) is 1.12. The maximum Gasteiger partial charge on any atom is 0.329 e. The molecule has 10 heteroatoms. The molecule has 0 radical (unpaired) electrons. The van der Waals surface area contributed by atoms with Crippen molar-refractivity contribution in [2.24, 2.45) is 14.1 Å². The second-order valence-corrected chi connectivity index (χ2v) is 9.29. The van der Waals surface area contributed by atoms with E-state index < -0.39 is 21.3 Å². The van der Waals surface area contributed by atoms with E-state index in [2.05, 4.69) is 14.7 Å². The molecule has 0 saturated carbocycles. The van der Waals surface area contributed by atoms with Gasteiger partial charge < -0.3 is 4.57 Å². The van der Waals surface area contributed by atoms with Crippen molar-refractivity contribution in [1.29, 1.82) is 0 Å². The lowest BCUT2D eigenvalue weighted by atomic mass is 10.0. The highest BCUT2D eigenvalue weighted by molar-refractivity contribution is 7.89. The Balaban J connectivity index is 1.67. The van der Waals surface area contributed by atoms with Crippen molar-refractivity contribution in [2.75, 3.05) is 0 Å². The lowest BCUT2D eigenvalue weighted by Gasteiger charge is -2.17. The highest BCUT2D eigenvalue weighted by Crippen LogP contribution is 2.23. The number of nitrogens with zero attached hydrogens (tertiary/aromatic N) is 3. The van der Waals surface area contributed by atoms with Crippen LogP contribution < -0.4 is 16.0 Å². The van der Waals surface area contributed by atoms with Crippen molar-refractivity contribution < 1.29 is 8.42 Å². The van der Waals surface area contributed by atoms with Gasteiger partial charge in [-0.25, -0.2) is 22.9 Å². The zero-order chi connectivity index (χ0) is 22.3. The number of aryl methyl sites for hydroxylation is 2. The second-order valence-electron chi connectivity index (χ2n) is 7.57. The second kappa shape index (κ2) is 7.78. The average molecular weight is 442 g/mol. The molecular formula is C21H23N5O4S. The van der Waals surface area contributed by atoms with Crippen LogP contribution in [0.3, 0.4) is 0 Å². The van der Waals surface area contributed by atoms with Crippen molar-refractivity contribution >= 4 is 32.0 Å². The van der Waals surface area contributed by atoms with Gasteiger partial charge in [0, 0.05) is 43.4 Å².